The second-order valence-electron chi connectivity index (χ2n) is 6.15. The zero-order chi connectivity index (χ0) is 20.6. The van der Waals surface area contributed by atoms with Crippen molar-refractivity contribution in [1.82, 2.24) is 5.32 Å². The fraction of sp³-hybridized carbons (Fsp3) is 0.0909. The quantitative estimate of drug-likeness (QED) is 0.540. The Balaban J connectivity index is 1.66. The number of nitrogens with one attached hydrogen (secondary N) is 3. The summed E-state index contributed by atoms with van der Waals surface area (Å²) in [5, 5.41) is 8.62. The van der Waals surface area contributed by atoms with Gasteiger partial charge in [-0.15, -0.1) is 0 Å². The molecule has 0 saturated heterocycles. The zero-order valence-corrected chi connectivity index (χ0v) is 16.5. The van der Waals surface area contributed by atoms with Crippen molar-refractivity contribution in [2.75, 3.05) is 17.7 Å². The van der Waals surface area contributed by atoms with E-state index in [0.717, 1.165) is 5.56 Å². The molecular weight excluding hydrogens is 390 g/mol. The van der Waals surface area contributed by atoms with Crippen molar-refractivity contribution in [3.63, 3.8) is 0 Å². The van der Waals surface area contributed by atoms with Crippen molar-refractivity contribution in [2.45, 2.75) is 6.61 Å². The van der Waals surface area contributed by atoms with E-state index in [-0.39, 0.29) is 11.9 Å². The lowest BCUT2D eigenvalue weighted by molar-refractivity contribution is 0.102. The number of anilines is 2. The molecule has 29 heavy (non-hydrogen) atoms. The van der Waals surface area contributed by atoms with Gasteiger partial charge in [-0.3, -0.25) is 4.79 Å². The number of hydrogen-bond acceptors (Lipinski definition) is 3. The smallest absolute Gasteiger partial charge is 0.318 e. The number of halogens is 1. The van der Waals surface area contributed by atoms with Gasteiger partial charge >= 0.3 is 6.03 Å². The standard InChI is InChI=1S/C22H20ClN3O3/c1-24-22(28)26-18-12-10-17(11-13-18)25-21(27)19-4-2-3-5-20(19)29-14-15-6-8-16(23)9-7-15/h2-13H,14H2,1H3,(H,25,27)(H2,24,26,28). The molecule has 3 rings (SSSR count). The molecule has 0 radical (unpaired) electrons. The Bertz CT molecular complexity index is 989. The third-order valence-corrected chi connectivity index (χ3v) is 4.32. The van der Waals surface area contributed by atoms with Crippen molar-refractivity contribution in [1.29, 1.82) is 0 Å². The van der Waals surface area contributed by atoms with E-state index in [9.17, 15) is 9.59 Å². The van der Waals surface area contributed by atoms with E-state index < -0.39 is 0 Å². The fourth-order valence-electron chi connectivity index (χ4n) is 2.55. The van der Waals surface area contributed by atoms with Gasteiger partial charge < -0.3 is 20.7 Å². The van der Waals surface area contributed by atoms with Gasteiger partial charge in [0, 0.05) is 23.4 Å². The Kier molecular flexibility index (Phi) is 6.71. The normalized spacial score (nSPS) is 10.1. The van der Waals surface area contributed by atoms with Crippen molar-refractivity contribution >= 4 is 34.9 Å². The van der Waals surface area contributed by atoms with Crippen LogP contribution in [0.3, 0.4) is 0 Å². The molecule has 0 spiro atoms. The van der Waals surface area contributed by atoms with E-state index in [4.69, 9.17) is 16.3 Å². The first-order valence-electron chi connectivity index (χ1n) is 8.91. The number of ether oxygens (including phenoxy) is 1. The number of carbonyl (C=O) groups is 2. The molecule has 3 N–H and O–H groups in total. The molecule has 0 heterocycles. The van der Waals surface area contributed by atoms with Crippen LogP contribution in [0, 0.1) is 0 Å². The first kappa shape index (κ1) is 20.2. The van der Waals surface area contributed by atoms with Gasteiger partial charge in [0.15, 0.2) is 0 Å². The van der Waals surface area contributed by atoms with Gasteiger partial charge in [-0.25, -0.2) is 4.79 Å². The highest BCUT2D eigenvalue weighted by Gasteiger charge is 2.13. The first-order valence-corrected chi connectivity index (χ1v) is 9.29. The lowest BCUT2D eigenvalue weighted by Crippen LogP contribution is -2.24. The number of amides is 3. The largest absolute Gasteiger partial charge is 0.488 e. The monoisotopic (exact) mass is 409 g/mol. The lowest BCUT2D eigenvalue weighted by Gasteiger charge is -2.12. The average molecular weight is 410 g/mol. The summed E-state index contributed by atoms with van der Waals surface area (Å²) >= 11 is 5.90. The van der Waals surface area contributed by atoms with Crippen LogP contribution in [0.25, 0.3) is 0 Å². The molecule has 0 aliphatic rings. The SMILES string of the molecule is CNC(=O)Nc1ccc(NC(=O)c2ccccc2OCc2ccc(Cl)cc2)cc1. The lowest BCUT2D eigenvalue weighted by atomic mass is 10.1. The Morgan fingerprint density at radius 3 is 2.14 bits per heavy atom. The Morgan fingerprint density at radius 1 is 0.862 bits per heavy atom. The minimum Gasteiger partial charge on any atom is -0.488 e. The Morgan fingerprint density at radius 2 is 1.48 bits per heavy atom. The second kappa shape index (κ2) is 9.61. The van der Waals surface area contributed by atoms with Gasteiger partial charge in [0.25, 0.3) is 5.91 Å². The topological polar surface area (TPSA) is 79.5 Å². The molecule has 0 atom stereocenters. The van der Waals surface area contributed by atoms with Crippen LogP contribution in [-0.2, 0) is 6.61 Å². The third kappa shape index (κ3) is 5.73. The van der Waals surface area contributed by atoms with Gasteiger partial charge in [-0.05, 0) is 54.1 Å². The molecule has 6 nitrogen and oxygen atoms in total. The van der Waals surface area contributed by atoms with E-state index in [1.54, 1.807) is 54.6 Å². The van der Waals surface area contributed by atoms with Crippen molar-refractivity contribution in [3.05, 3.63) is 88.9 Å². The minimum atomic E-state index is -0.312. The molecule has 0 fully saturated rings. The zero-order valence-electron chi connectivity index (χ0n) is 15.7. The minimum absolute atomic E-state index is 0.288. The van der Waals surface area contributed by atoms with Crippen LogP contribution in [0.5, 0.6) is 5.75 Å². The van der Waals surface area contributed by atoms with E-state index in [0.29, 0.717) is 34.3 Å². The molecule has 0 aliphatic heterocycles. The van der Waals surface area contributed by atoms with Crippen LogP contribution in [0.2, 0.25) is 5.02 Å². The number of benzene rings is 3. The summed E-state index contributed by atoms with van der Waals surface area (Å²) < 4.78 is 5.84. The van der Waals surface area contributed by atoms with Crippen molar-refractivity contribution in [2.24, 2.45) is 0 Å². The van der Waals surface area contributed by atoms with Crippen molar-refractivity contribution < 1.29 is 14.3 Å². The molecule has 3 aromatic carbocycles. The van der Waals surface area contributed by atoms with E-state index in [1.165, 1.54) is 7.05 Å². The van der Waals surface area contributed by atoms with Gasteiger partial charge in [-0.1, -0.05) is 35.9 Å². The molecule has 3 aromatic rings. The fourth-order valence-corrected chi connectivity index (χ4v) is 2.68. The number of carbonyl (C=O) groups excluding carboxylic acids is 2. The van der Waals surface area contributed by atoms with Gasteiger partial charge in [0.2, 0.25) is 0 Å². The highest BCUT2D eigenvalue weighted by Crippen LogP contribution is 2.22. The molecule has 7 heteroatoms. The molecule has 3 amide bonds. The van der Waals surface area contributed by atoms with Crippen molar-refractivity contribution in [3.8, 4) is 5.75 Å². The Labute approximate surface area is 173 Å². The van der Waals surface area contributed by atoms with E-state index in [1.807, 2.05) is 18.2 Å². The van der Waals surface area contributed by atoms with Gasteiger partial charge in [0.1, 0.15) is 12.4 Å². The number of para-hydroxylation sites is 1. The average Bonchev–Trinajstić information content (AvgIpc) is 2.75. The highest BCUT2D eigenvalue weighted by atomic mass is 35.5. The van der Waals surface area contributed by atoms with E-state index >= 15 is 0 Å². The maximum Gasteiger partial charge on any atom is 0.318 e. The molecule has 0 aliphatic carbocycles. The van der Waals surface area contributed by atoms with Crippen LogP contribution in [0.1, 0.15) is 15.9 Å². The van der Waals surface area contributed by atoms with Gasteiger partial charge in [-0.2, -0.15) is 0 Å². The predicted octanol–water partition coefficient (Wildman–Crippen LogP) is 4.92. The molecule has 0 saturated carbocycles. The summed E-state index contributed by atoms with van der Waals surface area (Å²) in [6.07, 6.45) is 0. The molecule has 0 aromatic heterocycles. The maximum absolute atomic E-state index is 12.7. The molecule has 0 unspecified atom stereocenters. The summed E-state index contributed by atoms with van der Waals surface area (Å²) in [6, 6.07) is 20.9. The van der Waals surface area contributed by atoms with Crippen LogP contribution in [0.15, 0.2) is 72.8 Å². The van der Waals surface area contributed by atoms with Crippen LogP contribution in [0.4, 0.5) is 16.2 Å². The number of hydrogen-bond donors (Lipinski definition) is 3. The summed E-state index contributed by atoms with van der Waals surface area (Å²) in [7, 11) is 1.54. The maximum atomic E-state index is 12.7. The second-order valence-corrected chi connectivity index (χ2v) is 6.58. The van der Waals surface area contributed by atoms with Crippen LogP contribution in [-0.4, -0.2) is 19.0 Å². The number of rotatable bonds is 6. The summed E-state index contributed by atoms with van der Waals surface area (Å²) in [5.74, 6) is 0.196. The third-order valence-electron chi connectivity index (χ3n) is 4.07. The van der Waals surface area contributed by atoms with E-state index in [2.05, 4.69) is 16.0 Å². The summed E-state index contributed by atoms with van der Waals surface area (Å²) in [5.41, 5.74) is 2.59. The molecule has 0 bridgehead atoms. The first-order chi connectivity index (χ1) is 14.0. The summed E-state index contributed by atoms with van der Waals surface area (Å²) in [6.45, 7) is 0.321. The molecule has 148 valence electrons. The van der Waals surface area contributed by atoms with Crippen LogP contribution < -0.4 is 20.7 Å². The highest BCUT2D eigenvalue weighted by molar-refractivity contribution is 6.30. The summed E-state index contributed by atoms with van der Waals surface area (Å²) in [4.78, 5) is 24.0. The number of urea groups is 1. The van der Waals surface area contributed by atoms with Gasteiger partial charge in [0.05, 0.1) is 5.56 Å². The molecular formula is C22H20ClN3O3. The Hall–Kier alpha value is -3.51. The van der Waals surface area contributed by atoms with Crippen LogP contribution >= 0.6 is 11.6 Å². The predicted molar refractivity (Wildman–Crippen MR) is 115 cm³/mol.